The molecule has 4 heteroatoms. The molecule has 1 N–H and O–H groups in total. The lowest BCUT2D eigenvalue weighted by atomic mass is 9.99. The zero-order valence-electron chi connectivity index (χ0n) is 13.6. The van der Waals surface area contributed by atoms with E-state index in [0.717, 1.165) is 25.7 Å². The highest BCUT2D eigenvalue weighted by atomic mass is 32.1. The Morgan fingerprint density at radius 3 is 2.67 bits per heavy atom. The minimum absolute atomic E-state index is 0.00940. The van der Waals surface area contributed by atoms with Gasteiger partial charge in [0.2, 0.25) is 5.91 Å². The van der Waals surface area contributed by atoms with Crippen molar-refractivity contribution in [3.8, 4) is 0 Å². The third-order valence-electron chi connectivity index (χ3n) is 4.39. The zero-order chi connectivity index (χ0) is 15.4. The van der Waals surface area contributed by atoms with Gasteiger partial charge in [-0.1, -0.05) is 46.6 Å². The Balaban J connectivity index is 2.25. The van der Waals surface area contributed by atoms with E-state index in [1.54, 1.807) is 11.3 Å². The second-order valence-electron chi connectivity index (χ2n) is 6.24. The summed E-state index contributed by atoms with van der Waals surface area (Å²) in [5, 5.41) is 5.68. The molecule has 1 fully saturated rings. The molecule has 3 unspecified atom stereocenters. The van der Waals surface area contributed by atoms with Crippen LogP contribution in [-0.4, -0.2) is 22.9 Å². The van der Waals surface area contributed by atoms with Crippen LogP contribution in [0.1, 0.15) is 64.4 Å². The maximum absolute atomic E-state index is 12.9. The number of hydrogen-bond acceptors (Lipinski definition) is 3. The number of hydrogen-bond donors (Lipinski definition) is 1. The Morgan fingerprint density at radius 1 is 1.38 bits per heavy atom. The highest BCUT2D eigenvalue weighted by molar-refractivity contribution is 7.10. The first-order valence-corrected chi connectivity index (χ1v) is 9.09. The standard InChI is InChI=1S/C17H28N2OS/c1-5-7-9-13-17(20)19(14(6-2)12(3)4)16(18-13)15-10-8-11-21-15/h8,10-14,16,18H,5-7,9H2,1-4H3. The van der Waals surface area contributed by atoms with E-state index in [0.29, 0.717) is 17.9 Å². The average molecular weight is 308 g/mol. The van der Waals surface area contributed by atoms with Crippen molar-refractivity contribution in [1.82, 2.24) is 10.2 Å². The highest BCUT2D eigenvalue weighted by Crippen LogP contribution is 2.34. The predicted octanol–water partition coefficient (Wildman–Crippen LogP) is 4.17. The van der Waals surface area contributed by atoms with Crippen LogP contribution in [0.4, 0.5) is 0 Å². The van der Waals surface area contributed by atoms with Crippen LogP contribution in [0.2, 0.25) is 0 Å². The van der Waals surface area contributed by atoms with Gasteiger partial charge in [0.05, 0.1) is 6.04 Å². The van der Waals surface area contributed by atoms with Gasteiger partial charge in [-0.2, -0.15) is 0 Å². The zero-order valence-corrected chi connectivity index (χ0v) is 14.5. The van der Waals surface area contributed by atoms with Crippen molar-refractivity contribution in [1.29, 1.82) is 0 Å². The first-order chi connectivity index (χ1) is 10.1. The van der Waals surface area contributed by atoms with E-state index < -0.39 is 0 Å². The summed E-state index contributed by atoms with van der Waals surface area (Å²) in [6.07, 6.45) is 4.26. The monoisotopic (exact) mass is 308 g/mol. The summed E-state index contributed by atoms with van der Waals surface area (Å²) in [4.78, 5) is 16.3. The summed E-state index contributed by atoms with van der Waals surface area (Å²) in [6.45, 7) is 8.79. The fraction of sp³-hybridized carbons (Fsp3) is 0.706. The highest BCUT2D eigenvalue weighted by Gasteiger charge is 2.43. The maximum atomic E-state index is 12.9. The molecule has 0 spiro atoms. The minimum Gasteiger partial charge on any atom is -0.317 e. The van der Waals surface area contributed by atoms with Gasteiger partial charge in [-0.25, -0.2) is 0 Å². The van der Waals surface area contributed by atoms with Crippen LogP contribution in [-0.2, 0) is 4.79 Å². The Bertz CT molecular complexity index is 444. The Morgan fingerprint density at radius 2 is 2.14 bits per heavy atom. The van der Waals surface area contributed by atoms with Crippen LogP contribution in [0.3, 0.4) is 0 Å². The normalized spacial score (nSPS) is 24.0. The minimum atomic E-state index is -0.00940. The molecule has 2 heterocycles. The van der Waals surface area contributed by atoms with Gasteiger partial charge >= 0.3 is 0 Å². The molecule has 1 aromatic heterocycles. The number of rotatable bonds is 7. The Hall–Kier alpha value is -0.870. The summed E-state index contributed by atoms with van der Waals surface area (Å²) in [7, 11) is 0. The van der Waals surface area contributed by atoms with E-state index in [1.807, 2.05) is 0 Å². The third kappa shape index (κ3) is 3.49. The van der Waals surface area contributed by atoms with E-state index in [1.165, 1.54) is 4.88 Å². The molecule has 0 bridgehead atoms. The molecule has 118 valence electrons. The molecule has 1 aromatic rings. The van der Waals surface area contributed by atoms with Gasteiger partial charge in [-0.15, -0.1) is 11.3 Å². The first-order valence-electron chi connectivity index (χ1n) is 8.21. The molecule has 1 amide bonds. The van der Waals surface area contributed by atoms with Gasteiger partial charge in [-0.05, 0) is 30.2 Å². The largest absolute Gasteiger partial charge is 0.317 e. The van der Waals surface area contributed by atoms with Crippen molar-refractivity contribution in [3.63, 3.8) is 0 Å². The van der Waals surface area contributed by atoms with Gasteiger partial charge in [0, 0.05) is 10.9 Å². The number of unbranched alkanes of at least 4 members (excludes halogenated alkanes) is 1. The van der Waals surface area contributed by atoms with E-state index in [2.05, 4.69) is 55.4 Å². The van der Waals surface area contributed by atoms with Crippen molar-refractivity contribution in [2.45, 2.75) is 71.6 Å². The molecule has 1 aliphatic rings. The van der Waals surface area contributed by atoms with Crippen LogP contribution in [0.25, 0.3) is 0 Å². The van der Waals surface area contributed by atoms with E-state index in [4.69, 9.17) is 0 Å². The van der Waals surface area contributed by atoms with Gasteiger partial charge in [0.1, 0.15) is 6.17 Å². The number of carbonyl (C=O) groups is 1. The van der Waals surface area contributed by atoms with Gasteiger partial charge in [-0.3, -0.25) is 10.1 Å². The molecule has 1 saturated heterocycles. The molecule has 1 aliphatic heterocycles. The molecule has 3 atom stereocenters. The summed E-state index contributed by atoms with van der Waals surface area (Å²) in [5.74, 6) is 0.774. The maximum Gasteiger partial charge on any atom is 0.241 e. The van der Waals surface area contributed by atoms with Crippen molar-refractivity contribution in [2.24, 2.45) is 5.92 Å². The summed E-state index contributed by atoms with van der Waals surface area (Å²) < 4.78 is 0. The third-order valence-corrected chi connectivity index (χ3v) is 5.32. The van der Waals surface area contributed by atoms with Gasteiger partial charge in [0.15, 0.2) is 0 Å². The van der Waals surface area contributed by atoms with Crippen molar-refractivity contribution in [2.75, 3.05) is 0 Å². The molecule has 2 rings (SSSR count). The Kier molecular flexibility index (Phi) is 5.82. The summed E-state index contributed by atoms with van der Waals surface area (Å²) >= 11 is 1.74. The Labute approximate surface area is 132 Å². The SMILES string of the molecule is CCCCC1NC(c2cccs2)N(C(CC)C(C)C)C1=O. The van der Waals surface area contributed by atoms with E-state index in [-0.39, 0.29) is 12.2 Å². The van der Waals surface area contributed by atoms with Crippen molar-refractivity contribution in [3.05, 3.63) is 22.4 Å². The average Bonchev–Trinajstić information content (AvgIpc) is 3.07. The fourth-order valence-electron chi connectivity index (χ4n) is 3.27. The second-order valence-corrected chi connectivity index (χ2v) is 7.22. The molecule has 0 aliphatic carbocycles. The lowest BCUT2D eigenvalue weighted by Gasteiger charge is -2.34. The molecular formula is C17H28N2OS. The molecule has 21 heavy (non-hydrogen) atoms. The number of amides is 1. The first kappa shape index (κ1) is 16.5. The lowest BCUT2D eigenvalue weighted by molar-refractivity contribution is -0.133. The number of carbonyl (C=O) groups excluding carboxylic acids is 1. The van der Waals surface area contributed by atoms with Crippen LogP contribution in [0.5, 0.6) is 0 Å². The quantitative estimate of drug-likeness (QED) is 0.820. The fourth-order valence-corrected chi connectivity index (χ4v) is 4.06. The van der Waals surface area contributed by atoms with E-state index >= 15 is 0 Å². The summed E-state index contributed by atoms with van der Waals surface area (Å²) in [6, 6.07) is 4.51. The number of nitrogens with zero attached hydrogens (tertiary/aromatic N) is 1. The van der Waals surface area contributed by atoms with Crippen molar-refractivity contribution >= 4 is 17.2 Å². The topological polar surface area (TPSA) is 32.3 Å². The molecule has 0 radical (unpaired) electrons. The lowest BCUT2D eigenvalue weighted by Crippen LogP contribution is -2.42. The van der Waals surface area contributed by atoms with E-state index in [9.17, 15) is 4.79 Å². The van der Waals surface area contributed by atoms with Crippen LogP contribution in [0.15, 0.2) is 17.5 Å². The predicted molar refractivity (Wildman–Crippen MR) is 89.3 cm³/mol. The smallest absolute Gasteiger partial charge is 0.241 e. The van der Waals surface area contributed by atoms with Crippen LogP contribution < -0.4 is 5.32 Å². The van der Waals surface area contributed by atoms with Gasteiger partial charge < -0.3 is 4.90 Å². The summed E-state index contributed by atoms with van der Waals surface area (Å²) in [5.41, 5.74) is 0. The van der Waals surface area contributed by atoms with Crippen LogP contribution in [0, 0.1) is 5.92 Å². The molecule has 0 aromatic carbocycles. The molecule has 0 saturated carbocycles. The van der Waals surface area contributed by atoms with Gasteiger partial charge in [0.25, 0.3) is 0 Å². The van der Waals surface area contributed by atoms with Crippen molar-refractivity contribution < 1.29 is 4.79 Å². The molecular weight excluding hydrogens is 280 g/mol. The number of nitrogens with one attached hydrogen (secondary N) is 1. The number of thiophene rings is 1. The molecule has 3 nitrogen and oxygen atoms in total. The second kappa shape index (κ2) is 7.41. The van der Waals surface area contributed by atoms with Crippen LogP contribution >= 0.6 is 11.3 Å².